The van der Waals surface area contributed by atoms with Crippen molar-refractivity contribution < 1.29 is 26.3 Å². The summed E-state index contributed by atoms with van der Waals surface area (Å²) < 4.78 is 66.4. The highest BCUT2D eigenvalue weighted by Gasteiger charge is 2.31. The van der Waals surface area contributed by atoms with Gasteiger partial charge in [-0.1, -0.05) is 18.2 Å². The van der Waals surface area contributed by atoms with E-state index in [0.717, 1.165) is 5.57 Å². The molecule has 0 amide bonds. The zero-order valence-corrected chi connectivity index (χ0v) is 14.1. The van der Waals surface area contributed by atoms with E-state index in [4.69, 9.17) is 5.26 Å². The minimum atomic E-state index is -4.76. The second-order valence-corrected chi connectivity index (χ2v) is 7.58. The maximum atomic E-state index is 12.3. The fourth-order valence-corrected chi connectivity index (χ4v) is 3.96. The summed E-state index contributed by atoms with van der Waals surface area (Å²) in [6, 6.07) is 7.53. The Balaban J connectivity index is 2.06. The van der Waals surface area contributed by atoms with Crippen LogP contribution >= 0.6 is 0 Å². The van der Waals surface area contributed by atoms with E-state index in [2.05, 4.69) is 4.74 Å². The quantitative estimate of drug-likeness (QED) is 0.717. The highest BCUT2D eigenvalue weighted by Crippen LogP contribution is 2.29. The molecule has 0 N–H and O–H groups in total. The predicted octanol–water partition coefficient (Wildman–Crippen LogP) is 3.31. The predicted molar refractivity (Wildman–Crippen MR) is 85.9 cm³/mol. The minimum Gasteiger partial charge on any atom is -0.406 e. The zero-order valence-electron chi connectivity index (χ0n) is 13.3. The van der Waals surface area contributed by atoms with Crippen LogP contribution in [0.2, 0.25) is 0 Å². The molecule has 0 spiro atoms. The minimum absolute atomic E-state index is 0.0847. The summed E-state index contributed by atoms with van der Waals surface area (Å²) in [7, 11) is -3.43. The van der Waals surface area contributed by atoms with Gasteiger partial charge in [-0.05, 0) is 36.1 Å². The van der Waals surface area contributed by atoms with Crippen molar-refractivity contribution >= 4 is 15.6 Å². The number of hydrogen-bond donors (Lipinski definition) is 0. The highest BCUT2D eigenvalue weighted by atomic mass is 32.2. The van der Waals surface area contributed by atoms with E-state index in [-0.39, 0.29) is 37.4 Å². The Labute approximate surface area is 144 Å². The molecule has 1 heterocycles. The maximum Gasteiger partial charge on any atom is 0.573 e. The summed E-state index contributed by atoms with van der Waals surface area (Å²) in [6.07, 6.45) is -2.21. The first-order chi connectivity index (χ1) is 11.7. The normalized spacial score (nSPS) is 16.2. The van der Waals surface area contributed by atoms with Gasteiger partial charge in [0, 0.05) is 19.5 Å². The Morgan fingerprint density at radius 2 is 2.08 bits per heavy atom. The van der Waals surface area contributed by atoms with Crippen molar-refractivity contribution in [3.8, 4) is 11.8 Å². The van der Waals surface area contributed by atoms with Crippen LogP contribution in [0.3, 0.4) is 0 Å². The molecule has 9 heteroatoms. The fraction of sp³-hybridized carbons (Fsp3) is 0.438. The third-order valence-corrected chi connectivity index (χ3v) is 5.62. The van der Waals surface area contributed by atoms with E-state index >= 15 is 0 Å². The Morgan fingerprint density at radius 1 is 1.32 bits per heavy atom. The standard InChI is InChI=1S/C16H17F3N2O3S/c17-16(18,19)24-15-5-3-4-14(12-15)13-6-9-21(10-7-13)25(22,23)11-2-1-8-20/h3-6,12H,1-2,7,9-11H2. The molecule has 1 aliphatic heterocycles. The number of nitriles is 1. The topological polar surface area (TPSA) is 70.4 Å². The molecule has 0 saturated heterocycles. The second kappa shape index (κ2) is 7.89. The molecule has 0 aromatic heterocycles. The first-order valence-electron chi connectivity index (χ1n) is 7.61. The van der Waals surface area contributed by atoms with Crippen LogP contribution in [0.5, 0.6) is 5.75 Å². The molecule has 1 aliphatic rings. The summed E-state index contributed by atoms with van der Waals surface area (Å²) in [5.74, 6) is -0.393. The fourth-order valence-electron chi connectivity index (χ4n) is 2.52. The Morgan fingerprint density at radius 3 is 2.68 bits per heavy atom. The summed E-state index contributed by atoms with van der Waals surface area (Å²) in [6.45, 7) is 0.416. The molecular formula is C16H17F3N2O3S. The van der Waals surface area contributed by atoms with Crippen LogP contribution in [-0.2, 0) is 10.0 Å². The average Bonchev–Trinajstić information content (AvgIpc) is 2.54. The molecule has 0 bridgehead atoms. The molecular weight excluding hydrogens is 357 g/mol. The van der Waals surface area contributed by atoms with Crippen molar-refractivity contribution in [3.63, 3.8) is 0 Å². The van der Waals surface area contributed by atoms with Crippen molar-refractivity contribution in [2.45, 2.75) is 25.6 Å². The van der Waals surface area contributed by atoms with E-state index in [0.29, 0.717) is 12.0 Å². The van der Waals surface area contributed by atoms with Gasteiger partial charge in [0.15, 0.2) is 0 Å². The first kappa shape index (κ1) is 19.3. The molecule has 0 atom stereocenters. The summed E-state index contributed by atoms with van der Waals surface area (Å²) >= 11 is 0. The molecule has 2 rings (SSSR count). The van der Waals surface area contributed by atoms with Gasteiger partial charge in [0.2, 0.25) is 10.0 Å². The van der Waals surface area contributed by atoms with Crippen molar-refractivity contribution in [1.82, 2.24) is 4.31 Å². The lowest BCUT2D eigenvalue weighted by Crippen LogP contribution is -2.36. The number of nitrogens with zero attached hydrogens (tertiary/aromatic N) is 2. The molecule has 5 nitrogen and oxygen atoms in total. The number of halogens is 3. The van der Waals surface area contributed by atoms with Crippen LogP contribution < -0.4 is 4.74 Å². The van der Waals surface area contributed by atoms with Crippen molar-refractivity contribution in [2.75, 3.05) is 18.8 Å². The van der Waals surface area contributed by atoms with Crippen molar-refractivity contribution in [1.29, 1.82) is 5.26 Å². The van der Waals surface area contributed by atoms with Crippen LogP contribution in [0.4, 0.5) is 13.2 Å². The number of ether oxygens (including phenoxy) is 1. The molecule has 1 aromatic carbocycles. The number of hydrogen-bond acceptors (Lipinski definition) is 4. The SMILES string of the molecule is N#CCCCS(=O)(=O)N1CC=C(c2cccc(OC(F)(F)F)c2)CC1. The first-order valence-corrected chi connectivity index (χ1v) is 9.22. The van der Waals surface area contributed by atoms with Crippen molar-refractivity contribution in [2.24, 2.45) is 0 Å². The number of alkyl halides is 3. The number of benzene rings is 1. The Kier molecular flexibility index (Phi) is 6.08. The lowest BCUT2D eigenvalue weighted by Gasteiger charge is -2.26. The number of unbranched alkanes of at least 4 members (excludes halogenated alkanes) is 1. The maximum absolute atomic E-state index is 12.3. The molecule has 25 heavy (non-hydrogen) atoms. The second-order valence-electron chi connectivity index (χ2n) is 5.49. The van der Waals surface area contributed by atoms with Gasteiger partial charge in [0.05, 0.1) is 11.8 Å². The highest BCUT2D eigenvalue weighted by molar-refractivity contribution is 7.89. The van der Waals surface area contributed by atoms with Crippen LogP contribution in [0.25, 0.3) is 5.57 Å². The van der Waals surface area contributed by atoms with Gasteiger partial charge < -0.3 is 4.74 Å². The zero-order chi connectivity index (χ0) is 18.5. The van der Waals surface area contributed by atoms with Crippen molar-refractivity contribution in [3.05, 3.63) is 35.9 Å². The van der Waals surface area contributed by atoms with Gasteiger partial charge in [0.25, 0.3) is 0 Å². The molecule has 0 radical (unpaired) electrons. The average molecular weight is 374 g/mol. The van der Waals surface area contributed by atoms with E-state index in [1.807, 2.05) is 6.07 Å². The van der Waals surface area contributed by atoms with Gasteiger partial charge in [-0.3, -0.25) is 0 Å². The molecule has 1 aromatic rings. The lowest BCUT2D eigenvalue weighted by molar-refractivity contribution is -0.274. The Hall–Kier alpha value is -2.05. The van der Waals surface area contributed by atoms with Gasteiger partial charge in [-0.25, -0.2) is 8.42 Å². The van der Waals surface area contributed by atoms with E-state index in [9.17, 15) is 21.6 Å². The van der Waals surface area contributed by atoms with Crippen LogP contribution in [0.1, 0.15) is 24.8 Å². The van der Waals surface area contributed by atoms with Crippen LogP contribution in [0, 0.1) is 11.3 Å². The van der Waals surface area contributed by atoms with Gasteiger partial charge in [-0.2, -0.15) is 9.57 Å². The number of rotatable bonds is 6. The lowest BCUT2D eigenvalue weighted by atomic mass is 10.0. The van der Waals surface area contributed by atoms with E-state index < -0.39 is 16.4 Å². The van der Waals surface area contributed by atoms with E-state index in [1.54, 1.807) is 12.1 Å². The largest absolute Gasteiger partial charge is 0.573 e. The van der Waals surface area contributed by atoms with Crippen LogP contribution in [-0.4, -0.2) is 37.9 Å². The van der Waals surface area contributed by atoms with Crippen LogP contribution in [0.15, 0.2) is 30.3 Å². The number of sulfonamides is 1. The van der Waals surface area contributed by atoms with Gasteiger partial charge >= 0.3 is 6.36 Å². The molecule has 0 unspecified atom stereocenters. The monoisotopic (exact) mass is 374 g/mol. The smallest absolute Gasteiger partial charge is 0.406 e. The van der Waals surface area contributed by atoms with E-state index in [1.165, 1.54) is 22.5 Å². The van der Waals surface area contributed by atoms with Gasteiger partial charge in [-0.15, -0.1) is 13.2 Å². The third kappa shape index (κ3) is 5.76. The summed E-state index contributed by atoms with van der Waals surface area (Å²) in [4.78, 5) is 0. The summed E-state index contributed by atoms with van der Waals surface area (Å²) in [5, 5.41) is 8.48. The van der Waals surface area contributed by atoms with Gasteiger partial charge in [0.1, 0.15) is 5.75 Å². The molecule has 0 aliphatic carbocycles. The molecule has 0 saturated carbocycles. The Bertz CT molecular complexity index is 783. The summed E-state index contributed by atoms with van der Waals surface area (Å²) in [5.41, 5.74) is 1.35. The molecule has 136 valence electrons. The third-order valence-electron chi connectivity index (χ3n) is 3.69. The molecule has 0 fully saturated rings.